The topological polar surface area (TPSA) is 89.6 Å². The summed E-state index contributed by atoms with van der Waals surface area (Å²) in [6.45, 7) is 3.95. The van der Waals surface area contributed by atoms with Crippen LogP contribution in [0.5, 0.6) is 0 Å². The number of oxazole rings is 1. The standard InChI is InChI=1S/C16H20N2O5S/c1-11(2)10-24(21,22)12-7-17(8-12)15(19)9-18-13-5-3-4-6-14(13)23-16(18)20/h3-6,11-12H,7-10H2,1-2H3. The number of nitrogens with zero attached hydrogens (tertiary/aromatic N) is 2. The SMILES string of the molecule is CC(C)CS(=O)(=O)C1CN(C(=O)Cn2c(=O)oc3ccccc32)C1. The van der Waals surface area contributed by atoms with Gasteiger partial charge in [-0.05, 0) is 18.1 Å². The van der Waals surface area contributed by atoms with Crippen molar-refractivity contribution in [1.29, 1.82) is 0 Å². The maximum atomic E-state index is 12.3. The number of likely N-dealkylation sites (tertiary alicyclic amines) is 1. The summed E-state index contributed by atoms with van der Waals surface area (Å²) >= 11 is 0. The number of fused-ring (bicyclic) bond motifs is 1. The minimum atomic E-state index is -3.18. The number of hydrogen-bond donors (Lipinski definition) is 0. The van der Waals surface area contributed by atoms with Gasteiger partial charge in [0.1, 0.15) is 6.54 Å². The van der Waals surface area contributed by atoms with Crippen molar-refractivity contribution in [3.8, 4) is 0 Å². The lowest BCUT2D eigenvalue weighted by Gasteiger charge is -2.39. The van der Waals surface area contributed by atoms with E-state index in [9.17, 15) is 18.0 Å². The third kappa shape index (κ3) is 3.10. The van der Waals surface area contributed by atoms with Crippen LogP contribution < -0.4 is 5.76 Å². The molecule has 1 amide bonds. The van der Waals surface area contributed by atoms with E-state index >= 15 is 0 Å². The molecule has 1 saturated heterocycles. The Morgan fingerprint density at radius 2 is 1.96 bits per heavy atom. The summed E-state index contributed by atoms with van der Waals surface area (Å²) < 4.78 is 30.6. The van der Waals surface area contributed by atoms with Crippen LogP contribution in [0.4, 0.5) is 0 Å². The molecule has 1 fully saturated rings. The molecule has 0 aliphatic carbocycles. The van der Waals surface area contributed by atoms with E-state index in [0.717, 1.165) is 0 Å². The van der Waals surface area contributed by atoms with Gasteiger partial charge in [0.05, 0.1) is 16.5 Å². The molecule has 0 N–H and O–H groups in total. The van der Waals surface area contributed by atoms with E-state index in [-0.39, 0.29) is 37.2 Å². The normalized spacial score (nSPS) is 15.9. The molecule has 2 aromatic rings. The van der Waals surface area contributed by atoms with E-state index in [1.807, 2.05) is 13.8 Å². The maximum absolute atomic E-state index is 12.3. The van der Waals surface area contributed by atoms with Gasteiger partial charge in [-0.15, -0.1) is 0 Å². The minimum absolute atomic E-state index is 0.0654. The molecule has 1 aliphatic rings. The molecule has 8 heteroatoms. The number of carbonyl (C=O) groups excluding carboxylic acids is 1. The predicted octanol–water partition coefficient (Wildman–Crippen LogP) is 0.876. The van der Waals surface area contributed by atoms with Crippen molar-refractivity contribution in [2.45, 2.75) is 25.6 Å². The van der Waals surface area contributed by atoms with Gasteiger partial charge >= 0.3 is 5.76 Å². The average molecular weight is 352 g/mol. The van der Waals surface area contributed by atoms with Crippen LogP contribution in [0.2, 0.25) is 0 Å². The molecule has 2 heterocycles. The lowest BCUT2D eigenvalue weighted by atomic mass is 10.2. The average Bonchev–Trinajstić information content (AvgIpc) is 2.71. The Kier molecular flexibility index (Phi) is 4.25. The lowest BCUT2D eigenvalue weighted by Crippen LogP contribution is -2.58. The van der Waals surface area contributed by atoms with Crippen molar-refractivity contribution in [2.75, 3.05) is 18.8 Å². The first-order valence-electron chi connectivity index (χ1n) is 7.85. The predicted molar refractivity (Wildman–Crippen MR) is 89.5 cm³/mol. The maximum Gasteiger partial charge on any atom is 0.420 e. The number of hydrogen-bond acceptors (Lipinski definition) is 5. The Morgan fingerprint density at radius 3 is 2.62 bits per heavy atom. The number of aromatic nitrogens is 1. The molecule has 0 saturated carbocycles. The summed E-state index contributed by atoms with van der Waals surface area (Å²) in [5.41, 5.74) is 0.983. The Morgan fingerprint density at radius 1 is 1.29 bits per heavy atom. The number of benzene rings is 1. The Balaban J connectivity index is 1.67. The molecule has 1 aromatic carbocycles. The van der Waals surface area contributed by atoms with Crippen LogP contribution in [0, 0.1) is 5.92 Å². The van der Waals surface area contributed by atoms with Crippen LogP contribution in [0.15, 0.2) is 33.5 Å². The van der Waals surface area contributed by atoms with Crippen molar-refractivity contribution >= 4 is 26.8 Å². The lowest BCUT2D eigenvalue weighted by molar-refractivity contribution is -0.135. The number of rotatable bonds is 5. The molecule has 7 nitrogen and oxygen atoms in total. The highest BCUT2D eigenvalue weighted by Gasteiger charge is 2.39. The quantitative estimate of drug-likeness (QED) is 0.797. The highest BCUT2D eigenvalue weighted by molar-refractivity contribution is 7.92. The van der Waals surface area contributed by atoms with Crippen LogP contribution in [-0.2, 0) is 21.2 Å². The molecule has 24 heavy (non-hydrogen) atoms. The number of carbonyl (C=O) groups is 1. The van der Waals surface area contributed by atoms with Crippen molar-refractivity contribution in [1.82, 2.24) is 9.47 Å². The third-order valence-corrected chi connectivity index (χ3v) is 6.59. The largest absolute Gasteiger partial charge is 0.420 e. The van der Waals surface area contributed by atoms with Gasteiger partial charge in [-0.2, -0.15) is 0 Å². The van der Waals surface area contributed by atoms with E-state index in [2.05, 4.69) is 0 Å². The molecule has 1 aliphatic heterocycles. The third-order valence-electron chi connectivity index (χ3n) is 4.14. The van der Waals surface area contributed by atoms with Crippen molar-refractivity contribution in [2.24, 2.45) is 5.92 Å². The highest BCUT2D eigenvalue weighted by atomic mass is 32.2. The first kappa shape index (κ1) is 16.8. The van der Waals surface area contributed by atoms with Crippen molar-refractivity contribution in [3.05, 3.63) is 34.8 Å². The summed E-state index contributed by atoms with van der Waals surface area (Å²) in [6.07, 6.45) is 0. The van der Waals surface area contributed by atoms with E-state index < -0.39 is 20.8 Å². The monoisotopic (exact) mass is 352 g/mol. The Bertz CT molecular complexity index is 919. The summed E-state index contributed by atoms with van der Waals surface area (Å²) in [5, 5.41) is -0.498. The molecule has 130 valence electrons. The van der Waals surface area contributed by atoms with Crippen LogP contribution in [0.25, 0.3) is 11.1 Å². The van der Waals surface area contributed by atoms with Gasteiger partial charge in [0, 0.05) is 13.1 Å². The smallest absolute Gasteiger partial charge is 0.408 e. The first-order valence-corrected chi connectivity index (χ1v) is 9.57. The van der Waals surface area contributed by atoms with Crippen LogP contribution in [0.3, 0.4) is 0 Å². The van der Waals surface area contributed by atoms with E-state index in [4.69, 9.17) is 4.42 Å². The molecule has 0 atom stereocenters. The van der Waals surface area contributed by atoms with Crippen LogP contribution in [-0.4, -0.2) is 47.9 Å². The zero-order chi connectivity index (χ0) is 17.5. The van der Waals surface area contributed by atoms with Crippen molar-refractivity contribution < 1.29 is 17.6 Å². The van der Waals surface area contributed by atoms with Crippen LogP contribution in [0.1, 0.15) is 13.8 Å². The summed E-state index contributed by atoms with van der Waals surface area (Å²) in [5.74, 6) is -0.671. The Hall–Kier alpha value is -2.09. The van der Waals surface area contributed by atoms with Gasteiger partial charge in [0.2, 0.25) is 5.91 Å². The molecule has 3 rings (SSSR count). The van der Waals surface area contributed by atoms with Gasteiger partial charge in [0.15, 0.2) is 15.4 Å². The molecule has 0 unspecified atom stereocenters. The Labute approximate surface area is 139 Å². The zero-order valence-corrected chi connectivity index (χ0v) is 14.5. The van der Waals surface area contributed by atoms with Crippen LogP contribution >= 0.6 is 0 Å². The van der Waals surface area contributed by atoms with Gasteiger partial charge in [-0.25, -0.2) is 13.2 Å². The fraction of sp³-hybridized carbons (Fsp3) is 0.500. The summed E-state index contributed by atoms with van der Waals surface area (Å²) in [6, 6.07) is 6.88. The number of amides is 1. The molecular formula is C16H20N2O5S. The summed E-state index contributed by atoms with van der Waals surface area (Å²) in [4.78, 5) is 25.7. The van der Waals surface area contributed by atoms with Gasteiger partial charge in [-0.1, -0.05) is 26.0 Å². The van der Waals surface area contributed by atoms with E-state index in [1.165, 1.54) is 9.47 Å². The highest BCUT2D eigenvalue weighted by Crippen LogP contribution is 2.20. The van der Waals surface area contributed by atoms with E-state index in [1.54, 1.807) is 24.3 Å². The van der Waals surface area contributed by atoms with Gasteiger partial charge in [-0.3, -0.25) is 9.36 Å². The summed E-state index contributed by atoms with van der Waals surface area (Å²) in [7, 11) is -3.18. The minimum Gasteiger partial charge on any atom is -0.408 e. The second-order valence-electron chi connectivity index (χ2n) is 6.57. The van der Waals surface area contributed by atoms with Gasteiger partial charge < -0.3 is 9.32 Å². The fourth-order valence-electron chi connectivity index (χ4n) is 2.87. The second kappa shape index (κ2) is 6.08. The number of sulfone groups is 1. The number of para-hydroxylation sites is 2. The first-order chi connectivity index (χ1) is 11.3. The van der Waals surface area contributed by atoms with E-state index in [0.29, 0.717) is 11.1 Å². The molecule has 0 radical (unpaired) electrons. The molecule has 0 spiro atoms. The second-order valence-corrected chi connectivity index (χ2v) is 8.89. The molecule has 1 aromatic heterocycles. The van der Waals surface area contributed by atoms with Gasteiger partial charge in [0.25, 0.3) is 0 Å². The van der Waals surface area contributed by atoms with Crippen molar-refractivity contribution in [3.63, 3.8) is 0 Å². The zero-order valence-electron chi connectivity index (χ0n) is 13.6. The molecular weight excluding hydrogens is 332 g/mol. The fourth-order valence-corrected chi connectivity index (χ4v) is 4.88. The molecule has 0 bridgehead atoms.